The fraction of sp³-hybridized carbons (Fsp3) is 0.353. The van der Waals surface area contributed by atoms with Crippen LogP contribution < -0.4 is 15.2 Å². The van der Waals surface area contributed by atoms with E-state index in [1.54, 1.807) is 24.3 Å². The monoisotopic (exact) mass is 351 g/mol. The Balaban J connectivity index is 2.09. The number of methoxy groups -OCH3 is 2. The zero-order valence-electron chi connectivity index (χ0n) is 14.0. The summed E-state index contributed by atoms with van der Waals surface area (Å²) in [6.07, 6.45) is -2.20. The Bertz CT molecular complexity index is 713. The summed E-state index contributed by atoms with van der Waals surface area (Å²) >= 11 is 0. The van der Waals surface area contributed by atoms with Crippen LogP contribution in [0.3, 0.4) is 0 Å². The zero-order chi connectivity index (χ0) is 18.4. The minimum absolute atomic E-state index is 0.0667. The molecule has 1 heterocycles. The van der Waals surface area contributed by atoms with Gasteiger partial charge in [-0.15, -0.1) is 0 Å². The first kappa shape index (κ1) is 18.8. The lowest BCUT2D eigenvalue weighted by atomic mass is 10.0. The molecule has 0 aliphatic heterocycles. The highest BCUT2D eigenvalue weighted by molar-refractivity contribution is 5.86. The van der Waals surface area contributed by atoms with Gasteiger partial charge >= 0.3 is 5.97 Å². The first-order valence-electron chi connectivity index (χ1n) is 7.54. The first-order chi connectivity index (χ1) is 12.0. The smallest absolute Gasteiger partial charge is 0.373 e. The van der Waals surface area contributed by atoms with Gasteiger partial charge in [0.25, 0.3) is 0 Å². The minimum atomic E-state index is -1.12. The molecule has 2 atom stereocenters. The molecule has 0 bridgehead atoms. The summed E-state index contributed by atoms with van der Waals surface area (Å²) in [5.41, 5.74) is 5.80. The highest BCUT2D eigenvalue weighted by Gasteiger charge is 2.19. The SMILES string of the molecule is COC(=O)c1ccc(COc2ccc(C(O)C(O)CN)cc2OC)o1. The average Bonchev–Trinajstić information content (AvgIpc) is 3.13. The van der Waals surface area contributed by atoms with Crippen LogP contribution in [0.15, 0.2) is 34.7 Å². The van der Waals surface area contributed by atoms with Gasteiger partial charge in [0.15, 0.2) is 11.5 Å². The third-order valence-corrected chi connectivity index (χ3v) is 3.55. The van der Waals surface area contributed by atoms with Crippen molar-refractivity contribution in [3.63, 3.8) is 0 Å². The molecule has 136 valence electrons. The van der Waals surface area contributed by atoms with E-state index in [2.05, 4.69) is 4.74 Å². The van der Waals surface area contributed by atoms with Crippen LogP contribution in [0.2, 0.25) is 0 Å². The van der Waals surface area contributed by atoms with Gasteiger partial charge in [-0.05, 0) is 29.8 Å². The number of nitrogens with two attached hydrogens (primary N) is 1. The number of aliphatic hydroxyl groups is 2. The third-order valence-electron chi connectivity index (χ3n) is 3.55. The molecule has 25 heavy (non-hydrogen) atoms. The second-order valence-corrected chi connectivity index (χ2v) is 5.20. The van der Waals surface area contributed by atoms with Crippen LogP contribution in [0.4, 0.5) is 0 Å². The molecule has 4 N–H and O–H groups in total. The maximum Gasteiger partial charge on any atom is 0.373 e. The van der Waals surface area contributed by atoms with Gasteiger partial charge < -0.3 is 34.6 Å². The topological polar surface area (TPSA) is 124 Å². The molecule has 2 rings (SSSR count). The molecule has 0 saturated carbocycles. The Kier molecular flexibility index (Phi) is 6.40. The van der Waals surface area contributed by atoms with Crippen LogP contribution in [0.1, 0.15) is 28.0 Å². The molecule has 0 saturated heterocycles. The maximum absolute atomic E-state index is 11.4. The van der Waals surface area contributed by atoms with Crippen molar-refractivity contribution < 1.29 is 33.6 Å². The van der Waals surface area contributed by atoms with Crippen LogP contribution in [0.5, 0.6) is 11.5 Å². The minimum Gasteiger partial charge on any atom is -0.493 e. The average molecular weight is 351 g/mol. The number of carbonyl (C=O) groups is 1. The predicted octanol–water partition coefficient (Wildman–Crippen LogP) is 1.01. The van der Waals surface area contributed by atoms with Crippen molar-refractivity contribution in [2.75, 3.05) is 20.8 Å². The molecule has 8 heteroatoms. The molecule has 0 spiro atoms. The highest BCUT2D eigenvalue weighted by atomic mass is 16.5. The van der Waals surface area contributed by atoms with Gasteiger partial charge in [0, 0.05) is 6.54 Å². The van der Waals surface area contributed by atoms with Crippen LogP contribution in [0, 0.1) is 0 Å². The van der Waals surface area contributed by atoms with Crippen LogP contribution >= 0.6 is 0 Å². The molecule has 0 amide bonds. The van der Waals surface area contributed by atoms with Gasteiger partial charge in [-0.2, -0.15) is 0 Å². The maximum atomic E-state index is 11.4. The molecule has 1 aromatic heterocycles. The first-order valence-corrected chi connectivity index (χ1v) is 7.54. The lowest BCUT2D eigenvalue weighted by Gasteiger charge is -2.18. The Labute approximate surface area is 144 Å². The predicted molar refractivity (Wildman–Crippen MR) is 87.4 cm³/mol. The Hall–Kier alpha value is -2.55. The van der Waals surface area contributed by atoms with E-state index in [0.717, 1.165) is 0 Å². The number of carbonyl (C=O) groups excluding carboxylic acids is 1. The van der Waals surface area contributed by atoms with E-state index < -0.39 is 18.2 Å². The fourth-order valence-electron chi connectivity index (χ4n) is 2.15. The molecule has 0 aliphatic rings. The van der Waals surface area contributed by atoms with E-state index >= 15 is 0 Å². The Morgan fingerprint density at radius 3 is 2.60 bits per heavy atom. The van der Waals surface area contributed by atoms with Crippen molar-refractivity contribution in [3.05, 3.63) is 47.4 Å². The number of aliphatic hydroxyl groups excluding tert-OH is 2. The van der Waals surface area contributed by atoms with Crippen LogP contribution in [-0.4, -0.2) is 43.1 Å². The van der Waals surface area contributed by atoms with Crippen molar-refractivity contribution in [1.29, 1.82) is 0 Å². The van der Waals surface area contributed by atoms with E-state index in [1.165, 1.54) is 20.3 Å². The van der Waals surface area contributed by atoms with Gasteiger partial charge in [-0.3, -0.25) is 0 Å². The summed E-state index contributed by atoms with van der Waals surface area (Å²) < 4.78 is 20.7. The zero-order valence-corrected chi connectivity index (χ0v) is 14.0. The number of benzene rings is 1. The second-order valence-electron chi connectivity index (χ2n) is 5.20. The van der Waals surface area contributed by atoms with Gasteiger partial charge in [-0.1, -0.05) is 6.07 Å². The normalized spacial score (nSPS) is 13.2. The molecular weight excluding hydrogens is 330 g/mol. The Morgan fingerprint density at radius 2 is 1.96 bits per heavy atom. The summed E-state index contributed by atoms with van der Waals surface area (Å²) in [6, 6.07) is 7.86. The number of rotatable bonds is 8. The van der Waals surface area contributed by atoms with Crippen molar-refractivity contribution in [3.8, 4) is 11.5 Å². The number of hydrogen-bond donors (Lipinski definition) is 3. The van der Waals surface area contributed by atoms with Crippen molar-refractivity contribution in [1.82, 2.24) is 0 Å². The van der Waals surface area contributed by atoms with Crippen LogP contribution in [-0.2, 0) is 11.3 Å². The van der Waals surface area contributed by atoms with Crippen molar-refractivity contribution in [2.24, 2.45) is 5.73 Å². The number of furan rings is 1. The number of ether oxygens (including phenoxy) is 3. The van der Waals surface area contributed by atoms with Crippen molar-refractivity contribution >= 4 is 5.97 Å². The van der Waals surface area contributed by atoms with Crippen LogP contribution in [0.25, 0.3) is 0 Å². The summed E-state index contributed by atoms with van der Waals surface area (Å²) in [7, 11) is 2.73. The van der Waals surface area contributed by atoms with E-state index in [4.69, 9.17) is 19.6 Å². The molecule has 0 fully saturated rings. The van der Waals surface area contributed by atoms with E-state index in [1.807, 2.05) is 0 Å². The standard InChI is InChI=1S/C17H21NO7/c1-22-15-7-10(16(20)12(19)8-18)3-5-13(15)24-9-11-4-6-14(25-11)17(21)23-2/h3-7,12,16,19-20H,8-9,18H2,1-2H3. The number of hydrogen-bond acceptors (Lipinski definition) is 8. The molecule has 1 aromatic carbocycles. The highest BCUT2D eigenvalue weighted by Crippen LogP contribution is 2.32. The molecule has 0 aliphatic carbocycles. The van der Waals surface area contributed by atoms with Gasteiger partial charge in [0.1, 0.15) is 18.5 Å². The molecule has 0 radical (unpaired) electrons. The lowest BCUT2D eigenvalue weighted by molar-refractivity contribution is 0.0242. The third kappa shape index (κ3) is 4.50. The summed E-state index contributed by atoms with van der Waals surface area (Å²) in [6.45, 7) is 0.00341. The number of esters is 1. The Morgan fingerprint density at radius 1 is 1.20 bits per heavy atom. The summed E-state index contributed by atoms with van der Waals surface area (Å²) in [5, 5.41) is 19.6. The van der Waals surface area contributed by atoms with E-state index in [0.29, 0.717) is 22.8 Å². The largest absolute Gasteiger partial charge is 0.493 e. The van der Waals surface area contributed by atoms with Gasteiger partial charge in [-0.25, -0.2) is 4.79 Å². The molecule has 2 aromatic rings. The second kappa shape index (κ2) is 8.52. The summed E-state index contributed by atoms with van der Waals surface area (Å²) in [4.78, 5) is 11.4. The lowest BCUT2D eigenvalue weighted by Crippen LogP contribution is -2.27. The van der Waals surface area contributed by atoms with Crippen molar-refractivity contribution in [2.45, 2.75) is 18.8 Å². The molecule has 2 unspecified atom stereocenters. The van der Waals surface area contributed by atoms with E-state index in [9.17, 15) is 15.0 Å². The summed E-state index contributed by atoms with van der Waals surface area (Å²) in [5.74, 6) is 0.741. The fourth-order valence-corrected chi connectivity index (χ4v) is 2.15. The van der Waals surface area contributed by atoms with E-state index in [-0.39, 0.29) is 18.9 Å². The molecule has 8 nitrogen and oxygen atoms in total. The molecular formula is C17H21NO7. The quantitative estimate of drug-likeness (QED) is 0.602. The van der Waals surface area contributed by atoms with Gasteiger partial charge in [0.05, 0.1) is 20.3 Å². The van der Waals surface area contributed by atoms with Gasteiger partial charge in [0.2, 0.25) is 5.76 Å².